The molecule has 11 heteroatoms. The van der Waals surface area contributed by atoms with E-state index in [0.29, 0.717) is 21.1 Å². The highest BCUT2D eigenvalue weighted by atomic mass is 32.2. The zero-order valence-corrected chi connectivity index (χ0v) is 16.8. The lowest BCUT2D eigenvalue weighted by atomic mass is 10.1. The summed E-state index contributed by atoms with van der Waals surface area (Å²) in [5, 5.41) is 0. The van der Waals surface area contributed by atoms with Crippen molar-refractivity contribution in [3.8, 4) is 5.75 Å². The molecule has 2 aromatic rings. The van der Waals surface area contributed by atoms with E-state index < -0.39 is 32.1 Å². The SMILES string of the molecule is CS(=O)(=O)Nc1cc2c(cc1Sc1ccc(F)cc1)C(OS(C)(=O)=O)CO2. The Morgan fingerprint density at radius 3 is 2.41 bits per heavy atom. The molecule has 0 saturated carbocycles. The highest BCUT2D eigenvalue weighted by Gasteiger charge is 2.30. The molecule has 1 aliphatic heterocycles. The standard InChI is InChI=1S/C16H16FNO6S3/c1-26(19,20)18-13-8-14-12(15(9-23-14)24-27(2,21)22)7-16(13)25-11-5-3-10(17)4-6-11/h3-8,15,18H,9H2,1-2H3. The number of nitrogens with one attached hydrogen (secondary N) is 1. The number of benzene rings is 2. The molecule has 1 N–H and O–H groups in total. The first-order valence-electron chi connectivity index (χ1n) is 7.60. The van der Waals surface area contributed by atoms with Crippen LogP contribution < -0.4 is 9.46 Å². The van der Waals surface area contributed by atoms with E-state index in [0.717, 1.165) is 12.5 Å². The molecule has 0 aromatic heterocycles. The van der Waals surface area contributed by atoms with E-state index >= 15 is 0 Å². The zero-order chi connectivity index (χ0) is 19.8. The number of halogens is 1. The molecule has 0 aliphatic carbocycles. The Bertz CT molecular complexity index is 1070. The van der Waals surface area contributed by atoms with Gasteiger partial charge in [0.2, 0.25) is 10.0 Å². The maximum atomic E-state index is 13.1. The van der Waals surface area contributed by atoms with Crippen molar-refractivity contribution in [2.24, 2.45) is 0 Å². The lowest BCUT2D eigenvalue weighted by Crippen LogP contribution is -2.12. The van der Waals surface area contributed by atoms with Crippen molar-refractivity contribution < 1.29 is 30.1 Å². The van der Waals surface area contributed by atoms with Gasteiger partial charge >= 0.3 is 0 Å². The van der Waals surface area contributed by atoms with Gasteiger partial charge in [0, 0.05) is 21.4 Å². The summed E-state index contributed by atoms with van der Waals surface area (Å²) >= 11 is 1.20. The van der Waals surface area contributed by atoms with Crippen LogP contribution in [0.15, 0.2) is 46.2 Å². The third-order valence-corrected chi connectivity index (χ3v) is 5.71. The average Bonchev–Trinajstić information content (AvgIpc) is 2.88. The first-order chi connectivity index (χ1) is 12.5. The minimum absolute atomic E-state index is 0.00855. The summed E-state index contributed by atoms with van der Waals surface area (Å²) in [4.78, 5) is 1.17. The van der Waals surface area contributed by atoms with E-state index in [1.54, 1.807) is 18.2 Å². The minimum atomic E-state index is -3.71. The highest BCUT2D eigenvalue weighted by Crippen LogP contribution is 2.44. The summed E-state index contributed by atoms with van der Waals surface area (Å²) in [6.07, 6.45) is 1.14. The molecule has 0 radical (unpaired) electrons. The number of hydrogen-bond acceptors (Lipinski definition) is 7. The van der Waals surface area contributed by atoms with Crippen molar-refractivity contribution in [1.29, 1.82) is 0 Å². The van der Waals surface area contributed by atoms with Gasteiger partial charge in [-0.25, -0.2) is 12.8 Å². The van der Waals surface area contributed by atoms with Gasteiger partial charge in [0.15, 0.2) is 0 Å². The predicted octanol–water partition coefficient (Wildman–Crippen LogP) is 2.76. The molecule has 1 aliphatic rings. The third-order valence-electron chi connectivity index (χ3n) is 3.48. The molecule has 0 fully saturated rings. The van der Waals surface area contributed by atoms with E-state index in [4.69, 9.17) is 8.92 Å². The van der Waals surface area contributed by atoms with E-state index in [1.807, 2.05) is 0 Å². The van der Waals surface area contributed by atoms with Crippen LogP contribution in [0.4, 0.5) is 10.1 Å². The van der Waals surface area contributed by atoms with Crippen LogP contribution in [0, 0.1) is 5.82 Å². The summed E-state index contributed by atoms with van der Waals surface area (Å²) in [6, 6.07) is 8.78. The van der Waals surface area contributed by atoms with Crippen LogP contribution in [0.3, 0.4) is 0 Å². The number of rotatable bonds is 6. The van der Waals surface area contributed by atoms with Gasteiger partial charge in [-0.1, -0.05) is 11.8 Å². The number of ether oxygens (including phenoxy) is 1. The molecule has 1 heterocycles. The van der Waals surface area contributed by atoms with E-state index in [2.05, 4.69) is 4.72 Å². The maximum Gasteiger partial charge on any atom is 0.265 e. The summed E-state index contributed by atoms with van der Waals surface area (Å²) in [5.74, 6) is -0.0592. The van der Waals surface area contributed by atoms with Gasteiger partial charge in [-0.05, 0) is 30.3 Å². The highest BCUT2D eigenvalue weighted by molar-refractivity contribution is 7.99. The van der Waals surface area contributed by atoms with Gasteiger partial charge in [-0.3, -0.25) is 8.91 Å². The van der Waals surface area contributed by atoms with Crippen LogP contribution in [0.25, 0.3) is 0 Å². The Kier molecular flexibility index (Phi) is 5.39. The Labute approximate surface area is 161 Å². The van der Waals surface area contributed by atoms with Gasteiger partial charge in [-0.2, -0.15) is 8.42 Å². The van der Waals surface area contributed by atoms with Crippen LogP contribution in [0.2, 0.25) is 0 Å². The Hall–Kier alpha value is -1.82. The molecule has 0 amide bonds. The van der Waals surface area contributed by atoms with E-state index in [-0.39, 0.29) is 12.3 Å². The Balaban J connectivity index is 2.02. The lowest BCUT2D eigenvalue weighted by Gasteiger charge is -2.14. The largest absolute Gasteiger partial charge is 0.490 e. The average molecular weight is 434 g/mol. The van der Waals surface area contributed by atoms with Crippen LogP contribution in [-0.2, 0) is 24.3 Å². The number of anilines is 1. The molecular weight excluding hydrogens is 417 g/mol. The quantitative estimate of drug-likeness (QED) is 0.700. The molecule has 1 unspecified atom stereocenters. The first-order valence-corrected chi connectivity index (χ1v) is 12.1. The second kappa shape index (κ2) is 7.30. The van der Waals surface area contributed by atoms with Gasteiger partial charge in [0.05, 0.1) is 18.2 Å². The molecule has 1 atom stereocenters. The second-order valence-electron chi connectivity index (χ2n) is 5.92. The summed E-state index contributed by atoms with van der Waals surface area (Å²) in [7, 11) is -7.27. The fraction of sp³-hybridized carbons (Fsp3) is 0.250. The van der Waals surface area contributed by atoms with Crippen LogP contribution >= 0.6 is 11.8 Å². The van der Waals surface area contributed by atoms with Crippen LogP contribution in [-0.4, -0.2) is 36.0 Å². The first kappa shape index (κ1) is 19.9. The zero-order valence-electron chi connectivity index (χ0n) is 14.3. The fourth-order valence-corrected chi connectivity index (χ4v) is 4.64. The van der Waals surface area contributed by atoms with Gasteiger partial charge in [0.1, 0.15) is 24.3 Å². The van der Waals surface area contributed by atoms with Crippen LogP contribution in [0.5, 0.6) is 5.75 Å². The molecule has 0 saturated heterocycles. The topological polar surface area (TPSA) is 98.8 Å². The monoisotopic (exact) mass is 433 g/mol. The number of fused-ring (bicyclic) bond motifs is 1. The molecule has 0 bridgehead atoms. The smallest absolute Gasteiger partial charge is 0.265 e. The second-order valence-corrected chi connectivity index (χ2v) is 10.4. The van der Waals surface area contributed by atoms with Gasteiger partial charge in [0.25, 0.3) is 10.1 Å². The van der Waals surface area contributed by atoms with Gasteiger partial charge < -0.3 is 4.74 Å². The van der Waals surface area contributed by atoms with Crippen molar-refractivity contribution in [3.63, 3.8) is 0 Å². The predicted molar refractivity (Wildman–Crippen MR) is 99.6 cm³/mol. The fourth-order valence-electron chi connectivity index (χ4n) is 2.49. The normalized spacial score (nSPS) is 16.6. The van der Waals surface area contributed by atoms with E-state index in [1.165, 1.54) is 30.0 Å². The Morgan fingerprint density at radius 2 is 1.81 bits per heavy atom. The molecule has 3 rings (SSSR count). The summed E-state index contributed by atoms with van der Waals surface area (Å²) in [5.41, 5.74) is 0.759. The van der Waals surface area contributed by atoms with Crippen molar-refractivity contribution in [1.82, 2.24) is 0 Å². The molecule has 27 heavy (non-hydrogen) atoms. The molecular formula is C16H16FNO6S3. The summed E-state index contributed by atoms with van der Waals surface area (Å²) in [6.45, 7) is -0.00855. The lowest BCUT2D eigenvalue weighted by molar-refractivity contribution is 0.171. The third kappa shape index (κ3) is 5.34. The van der Waals surface area contributed by atoms with Crippen molar-refractivity contribution in [3.05, 3.63) is 47.8 Å². The maximum absolute atomic E-state index is 13.1. The molecule has 146 valence electrons. The van der Waals surface area contributed by atoms with Crippen molar-refractivity contribution in [2.45, 2.75) is 15.9 Å². The minimum Gasteiger partial charge on any atom is -0.490 e. The molecule has 7 nitrogen and oxygen atoms in total. The number of sulfonamides is 1. The van der Waals surface area contributed by atoms with Crippen LogP contribution in [0.1, 0.15) is 11.7 Å². The van der Waals surface area contributed by atoms with Crippen molar-refractivity contribution in [2.75, 3.05) is 23.8 Å². The summed E-state index contributed by atoms with van der Waals surface area (Å²) < 4.78 is 72.3. The number of hydrogen-bond donors (Lipinski definition) is 1. The molecule has 0 spiro atoms. The Morgan fingerprint density at radius 1 is 1.15 bits per heavy atom. The van der Waals surface area contributed by atoms with Crippen molar-refractivity contribution >= 4 is 37.6 Å². The van der Waals surface area contributed by atoms with Gasteiger partial charge in [-0.15, -0.1) is 0 Å². The van der Waals surface area contributed by atoms with E-state index in [9.17, 15) is 21.2 Å². The molecule has 2 aromatic carbocycles.